The first-order valence-electron chi connectivity index (χ1n) is 4.75. The molecule has 0 spiro atoms. The smallest absolute Gasteiger partial charge is 0.00288 e. The van der Waals surface area contributed by atoms with Crippen molar-refractivity contribution in [2.75, 3.05) is 0 Å². The predicted molar refractivity (Wildman–Crippen MR) is 56.6 cm³/mol. The van der Waals surface area contributed by atoms with Crippen molar-refractivity contribution in [2.24, 2.45) is 0 Å². The van der Waals surface area contributed by atoms with Crippen LogP contribution in [0.25, 0.3) is 0 Å². The molecule has 0 aromatic heterocycles. The zero-order chi connectivity index (χ0) is 9.10. The van der Waals surface area contributed by atoms with Gasteiger partial charge in [0, 0.05) is 0 Å². The minimum Gasteiger partial charge on any atom is -0.0769 e. The molecule has 0 heteroatoms. The first-order chi connectivity index (χ1) is 6.34. The minimum atomic E-state index is 1.08. The molecule has 0 saturated heterocycles. The van der Waals surface area contributed by atoms with E-state index in [-0.39, 0.29) is 0 Å². The lowest BCUT2D eigenvalue weighted by molar-refractivity contribution is 1.20. The Morgan fingerprint density at radius 1 is 1.15 bits per heavy atom. The molecule has 0 radical (unpaired) electrons. The van der Waals surface area contributed by atoms with Gasteiger partial charge in [-0.1, -0.05) is 48.1 Å². The zero-order valence-electron chi connectivity index (χ0n) is 7.96. The molecule has 0 unspecified atom stereocenters. The Morgan fingerprint density at radius 3 is 2.54 bits per heavy atom. The van der Waals surface area contributed by atoms with Crippen molar-refractivity contribution >= 4 is 0 Å². The molecular formula is C13H14. The molecule has 1 aromatic rings. The second kappa shape index (κ2) is 3.61. The molecular weight excluding hydrogens is 156 g/mol. The Morgan fingerprint density at radius 2 is 1.92 bits per heavy atom. The van der Waals surface area contributed by atoms with Gasteiger partial charge in [0.15, 0.2) is 0 Å². The van der Waals surface area contributed by atoms with Crippen LogP contribution >= 0.6 is 0 Å². The summed E-state index contributed by atoms with van der Waals surface area (Å²) in [5.74, 6) is 0. The van der Waals surface area contributed by atoms with Crippen LogP contribution in [0.4, 0.5) is 0 Å². The van der Waals surface area contributed by atoms with Crippen molar-refractivity contribution in [3.8, 4) is 0 Å². The Balaban J connectivity index is 2.08. The summed E-state index contributed by atoms with van der Waals surface area (Å²) in [6.07, 6.45) is 6.84. The number of hydrogen-bond acceptors (Lipinski definition) is 0. The Hall–Kier alpha value is -1.30. The third kappa shape index (κ3) is 2.09. The van der Waals surface area contributed by atoms with Gasteiger partial charge in [-0.3, -0.25) is 0 Å². The summed E-state index contributed by atoms with van der Waals surface area (Å²) < 4.78 is 0. The first kappa shape index (κ1) is 8.31. The van der Waals surface area contributed by atoms with Gasteiger partial charge in [0.05, 0.1) is 0 Å². The van der Waals surface area contributed by atoms with Crippen LogP contribution in [0.1, 0.15) is 18.9 Å². The summed E-state index contributed by atoms with van der Waals surface area (Å²) in [7, 11) is 0. The molecule has 0 aliphatic heterocycles. The van der Waals surface area contributed by atoms with Gasteiger partial charge in [-0.25, -0.2) is 0 Å². The fraction of sp³-hybridized carbons (Fsp3) is 0.231. The number of rotatable bonds is 2. The van der Waals surface area contributed by atoms with E-state index in [1.807, 2.05) is 0 Å². The van der Waals surface area contributed by atoms with Gasteiger partial charge in [-0.15, -0.1) is 0 Å². The second-order valence-corrected chi connectivity index (χ2v) is 3.64. The van der Waals surface area contributed by atoms with Crippen LogP contribution in [0.15, 0.2) is 53.6 Å². The standard InChI is InChI=1S/C13H14/c1-11-7-8-13(9-11)10-12-5-3-2-4-6-12/h2-6,8-9H,7,10H2,1H3. The average Bonchev–Trinajstić information content (AvgIpc) is 2.53. The largest absolute Gasteiger partial charge is 0.0769 e. The maximum Gasteiger partial charge on any atom is -0.00288 e. The van der Waals surface area contributed by atoms with Gasteiger partial charge >= 0.3 is 0 Å². The van der Waals surface area contributed by atoms with E-state index in [1.54, 1.807) is 0 Å². The van der Waals surface area contributed by atoms with Gasteiger partial charge in [-0.2, -0.15) is 0 Å². The molecule has 0 fully saturated rings. The molecule has 0 nitrogen and oxygen atoms in total. The van der Waals surface area contributed by atoms with Crippen molar-refractivity contribution in [1.29, 1.82) is 0 Å². The molecule has 1 aliphatic rings. The zero-order valence-corrected chi connectivity index (χ0v) is 7.96. The topological polar surface area (TPSA) is 0 Å². The maximum absolute atomic E-state index is 2.32. The minimum absolute atomic E-state index is 1.08. The van der Waals surface area contributed by atoms with Crippen molar-refractivity contribution in [3.05, 3.63) is 59.2 Å². The van der Waals surface area contributed by atoms with Crippen LogP contribution < -0.4 is 0 Å². The maximum atomic E-state index is 2.32. The fourth-order valence-electron chi connectivity index (χ4n) is 1.68. The number of benzene rings is 1. The molecule has 0 amide bonds. The molecule has 2 rings (SSSR count). The van der Waals surface area contributed by atoms with E-state index in [1.165, 1.54) is 16.7 Å². The highest BCUT2D eigenvalue weighted by Gasteiger charge is 2.02. The van der Waals surface area contributed by atoms with E-state index < -0.39 is 0 Å². The molecule has 0 bridgehead atoms. The quantitative estimate of drug-likeness (QED) is 0.637. The summed E-state index contributed by atoms with van der Waals surface area (Å²) in [4.78, 5) is 0. The van der Waals surface area contributed by atoms with Gasteiger partial charge in [0.1, 0.15) is 0 Å². The lowest BCUT2D eigenvalue weighted by atomic mass is 10.1. The predicted octanol–water partition coefficient (Wildman–Crippen LogP) is 3.51. The van der Waals surface area contributed by atoms with Gasteiger partial charge in [0.25, 0.3) is 0 Å². The van der Waals surface area contributed by atoms with E-state index in [0.717, 1.165) is 12.8 Å². The van der Waals surface area contributed by atoms with Crippen LogP contribution in [0.2, 0.25) is 0 Å². The third-order valence-electron chi connectivity index (χ3n) is 2.37. The van der Waals surface area contributed by atoms with E-state index in [4.69, 9.17) is 0 Å². The number of allylic oxidation sites excluding steroid dienone is 4. The van der Waals surface area contributed by atoms with Gasteiger partial charge in [-0.05, 0) is 30.9 Å². The number of hydrogen-bond donors (Lipinski definition) is 0. The fourth-order valence-corrected chi connectivity index (χ4v) is 1.68. The molecule has 0 N–H and O–H groups in total. The highest BCUT2D eigenvalue weighted by atomic mass is 14.1. The van der Waals surface area contributed by atoms with Crippen LogP contribution in [0.3, 0.4) is 0 Å². The molecule has 1 aromatic carbocycles. The molecule has 1 aliphatic carbocycles. The Labute approximate surface area is 79.6 Å². The van der Waals surface area contributed by atoms with Crippen LogP contribution in [-0.4, -0.2) is 0 Å². The highest BCUT2D eigenvalue weighted by molar-refractivity contribution is 5.35. The normalized spacial score (nSPS) is 15.5. The Bertz CT molecular complexity index is 342. The van der Waals surface area contributed by atoms with E-state index >= 15 is 0 Å². The van der Waals surface area contributed by atoms with Crippen molar-refractivity contribution < 1.29 is 0 Å². The first-order valence-corrected chi connectivity index (χ1v) is 4.75. The molecule has 0 saturated carbocycles. The SMILES string of the molecule is CC1=CC(Cc2ccccc2)=CC1. The summed E-state index contributed by atoms with van der Waals surface area (Å²) in [6.45, 7) is 2.19. The molecule has 0 heterocycles. The van der Waals surface area contributed by atoms with Gasteiger partial charge < -0.3 is 0 Å². The summed E-state index contributed by atoms with van der Waals surface area (Å²) in [5, 5.41) is 0. The Kier molecular flexibility index (Phi) is 2.31. The van der Waals surface area contributed by atoms with Crippen molar-refractivity contribution in [2.45, 2.75) is 19.8 Å². The molecule has 13 heavy (non-hydrogen) atoms. The third-order valence-corrected chi connectivity index (χ3v) is 2.37. The summed E-state index contributed by atoms with van der Waals surface area (Å²) >= 11 is 0. The highest BCUT2D eigenvalue weighted by Crippen LogP contribution is 2.19. The summed E-state index contributed by atoms with van der Waals surface area (Å²) in [6, 6.07) is 10.6. The second-order valence-electron chi connectivity index (χ2n) is 3.64. The van der Waals surface area contributed by atoms with Crippen molar-refractivity contribution in [1.82, 2.24) is 0 Å². The van der Waals surface area contributed by atoms with Crippen LogP contribution in [0, 0.1) is 0 Å². The average molecular weight is 170 g/mol. The summed E-state index contributed by atoms with van der Waals surface area (Å²) in [5.41, 5.74) is 4.34. The molecule has 0 atom stereocenters. The van der Waals surface area contributed by atoms with E-state index in [2.05, 4.69) is 49.4 Å². The van der Waals surface area contributed by atoms with E-state index in [0.29, 0.717) is 0 Å². The lowest BCUT2D eigenvalue weighted by Gasteiger charge is -1.99. The monoisotopic (exact) mass is 170 g/mol. The van der Waals surface area contributed by atoms with Gasteiger partial charge in [0.2, 0.25) is 0 Å². The van der Waals surface area contributed by atoms with Crippen LogP contribution in [0.5, 0.6) is 0 Å². The lowest BCUT2D eigenvalue weighted by Crippen LogP contribution is -1.84. The van der Waals surface area contributed by atoms with Crippen molar-refractivity contribution in [3.63, 3.8) is 0 Å². The van der Waals surface area contributed by atoms with E-state index in [9.17, 15) is 0 Å². The van der Waals surface area contributed by atoms with Crippen LogP contribution in [-0.2, 0) is 6.42 Å². The molecule has 66 valence electrons.